The quantitative estimate of drug-likeness (QED) is 0.370. The third-order valence-corrected chi connectivity index (χ3v) is 5.96. The summed E-state index contributed by atoms with van der Waals surface area (Å²) in [6.07, 6.45) is 8.08. The van der Waals surface area contributed by atoms with E-state index in [0.717, 1.165) is 50.2 Å². The third kappa shape index (κ3) is 4.20. The second-order valence-electron chi connectivity index (χ2n) is 7.76. The molecule has 0 unspecified atom stereocenters. The van der Waals surface area contributed by atoms with Gasteiger partial charge in [0.05, 0.1) is 0 Å². The van der Waals surface area contributed by atoms with Crippen molar-refractivity contribution in [2.75, 3.05) is 0 Å². The Bertz CT molecular complexity index is 805. The maximum atomic E-state index is 14.7. The SMILES string of the molecule is CCCCC1CCC(c2ccc(-c3cc(F)c(C)c(F)c3F)c(F)c2)CC1. The maximum absolute atomic E-state index is 14.7. The first-order chi connectivity index (χ1) is 12.9. The lowest BCUT2D eigenvalue weighted by Gasteiger charge is -2.29. The molecule has 2 aromatic carbocycles. The monoisotopic (exact) mass is 378 g/mol. The van der Waals surface area contributed by atoms with Crippen LogP contribution in [0.3, 0.4) is 0 Å². The average molecular weight is 378 g/mol. The predicted molar refractivity (Wildman–Crippen MR) is 101 cm³/mol. The highest BCUT2D eigenvalue weighted by Gasteiger charge is 2.24. The van der Waals surface area contributed by atoms with Crippen LogP contribution in [0, 0.1) is 36.1 Å². The second-order valence-corrected chi connectivity index (χ2v) is 7.76. The van der Waals surface area contributed by atoms with Crippen LogP contribution in [0.5, 0.6) is 0 Å². The van der Waals surface area contributed by atoms with Crippen molar-refractivity contribution in [2.24, 2.45) is 5.92 Å². The molecule has 0 bridgehead atoms. The fourth-order valence-electron chi connectivity index (χ4n) is 4.16. The molecule has 0 atom stereocenters. The summed E-state index contributed by atoms with van der Waals surface area (Å²) in [7, 11) is 0. The van der Waals surface area contributed by atoms with Crippen molar-refractivity contribution in [3.8, 4) is 11.1 Å². The Morgan fingerprint density at radius 2 is 1.56 bits per heavy atom. The zero-order valence-electron chi connectivity index (χ0n) is 15.9. The Labute approximate surface area is 158 Å². The largest absolute Gasteiger partial charge is 0.207 e. The van der Waals surface area contributed by atoms with E-state index in [2.05, 4.69) is 6.92 Å². The van der Waals surface area contributed by atoms with Gasteiger partial charge in [0.25, 0.3) is 0 Å². The molecule has 0 saturated heterocycles. The molecule has 0 nitrogen and oxygen atoms in total. The molecule has 0 aliphatic heterocycles. The van der Waals surface area contributed by atoms with Crippen molar-refractivity contribution in [1.29, 1.82) is 0 Å². The van der Waals surface area contributed by atoms with Gasteiger partial charge in [-0.3, -0.25) is 0 Å². The van der Waals surface area contributed by atoms with Crippen LogP contribution in [-0.4, -0.2) is 0 Å². The molecule has 0 spiro atoms. The number of hydrogen-bond donors (Lipinski definition) is 0. The first kappa shape index (κ1) is 19.9. The lowest BCUT2D eigenvalue weighted by molar-refractivity contribution is 0.304. The summed E-state index contributed by atoms with van der Waals surface area (Å²) in [4.78, 5) is 0. The summed E-state index contributed by atoms with van der Waals surface area (Å²) >= 11 is 0. The van der Waals surface area contributed by atoms with Gasteiger partial charge in [-0.25, -0.2) is 17.6 Å². The lowest BCUT2D eigenvalue weighted by atomic mass is 9.77. The molecule has 1 aliphatic rings. The van der Waals surface area contributed by atoms with Crippen LogP contribution in [-0.2, 0) is 0 Å². The van der Waals surface area contributed by atoms with Crippen LogP contribution in [0.15, 0.2) is 24.3 Å². The van der Waals surface area contributed by atoms with Crippen molar-refractivity contribution in [3.05, 3.63) is 58.7 Å². The number of unbranched alkanes of at least 4 members (excludes halogenated alkanes) is 1. The zero-order valence-corrected chi connectivity index (χ0v) is 15.9. The topological polar surface area (TPSA) is 0 Å². The first-order valence-corrected chi connectivity index (χ1v) is 9.86. The van der Waals surface area contributed by atoms with Gasteiger partial charge in [-0.1, -0.05) is 38.3 Å². The summed E-state index contributed by atoms with van der Waals surface area (Å²) in [5.41, 5.74) is 0.0142. The normalized spacial score (nSPS) is 20.1. The van der Waals surface area contributed by atoms with Gasteiger partial charge in [0.15, 0.2) is 11.6 Å². The highest BCUT2D eigenvalue weighted by Crippen LogP contribution is 2.39. The molecule has 2 aromatic rings. The molecule has 0 N–H and O–H groups in total. The lowest BCUT2D eigenvalue weighted by Crippen LogP contribution is -2.13. The van der Waals surface area contributed by atoms with Gasteiger partial charge in [-0.15, -0.1) is 0 Å². The van der Waals surface area contributed by atoms with Gasteiger partial charge >= 0.3 is 0 Å². The van der Waals surface area contributed by atoms with Crippen molar-refractivity contribution < 1.29 is 17.6 Å². The molecule has 1 fully saturated rings. The van der Waals surface area contributed by atoms with E-state index in [1.165, 1.54) is 31.4 Å². The van der Waals surface area contributed by atoms with Crippen LogP contribution >= 0.6 is 0 Å². The molecule has 0 aromatic heterocycles. The molecule has 3 rings (SSSR count). The highest BCUT2D eigenvalue weighted by molar-refractivity contribution is 5.66. The number of benzene rings is 2. The van der Waals surface area contributed by atoms with Crippen LogP contribution in [0.1, 0.15) is 68.9 Å². The molecule has 0 heterocycles. The maximum Gasteiger partial charge on any atom is 0.167 e. The van der Waals surface area contributed by atoms with E-state index in [9.17, 15) is 17.6 Å². The molecule has 0 amide bonds. The van der Waals surface area contributed by atoms with E-state index in [0.29, 0.717) is 5.92 Å². The standard InChI is InChI=1S/C23H26F4/c1-3-4-5-15-6-8-16(9-7-15)17-10-11-18(21(25)12-17)19-13-20(24)14(2)22(26)23(19)27/h10-13,15-16H,3-9H2,1-2H3. The Hall–Kier alpha value is -1.84. The van der Waals surface area contributed by atoms with Gasteiger partial charge in [0.1, 0.15) is 11.6 Å². The molecular weight excluding hydrogens is 352 g/mol. The fourth-order valence-corrected chi connectivity index (χ4v) is 4.16. The van der Waals surface area contributed by atoms with Gasteiger partial charge in [-0.05, 0) is 62.1 Å². The summed E-state index contributed by atoms with van der Waals surface area (Å²) in [5.74, 6) is -2.93. The van der Waals surface area contributed by atoms with Crippen LogP contribution in [0.2, 0.25) is 0 Å². The highest BCUT2D eigenvalue weighted by atomic mass is 19.2. The molecule has 27 heavy (non-hydrogen) atoms. The zero-order chi connectivity index (χ0) is 19.6. The van der Waals surface area contributed by atoms with Crippen molar-refractivity contribution in [3.63, 3.8) is 0 Å². The van der Waals surface area contributed by atoms with Gasteiger partial charge in [0, 0.05) is 16.7 Å². The average Bonchev–Trinajstić information content (AvgIpc) is 2.68. The Kier molecular flexibility index (Phi) is 6.23. The molecule has 1 aliphatic carbocycles. The van der Waals surface area contributed by atoms with E-state index in [1.54, 1.807) is 6.07 Å². The van der Waals surface area contributed by atoms with Crippen LogP contribution < -0.4 is 0 Å². The summed E-state index contributed by atoms with van der Waals surface area (Å²) in [6, 6.07) is 5.48. The molecule has 4 heteroatoms. The minimum Gasteiger partial charge on any atom is -0.207 e. The summed E-state index contributed by atoms with van der Waals surface area (Å²) in [5, 5.41) is 0. The van der Waals surface area contributed by atoms with E-state index in [1.807, 2.05) is 0 Å². The summed E-state index contributed by atoms with van der Waals surface area (Å²) < 4.78 is 56.5. The van der Waals surface area contributed by atoms with Gasteiger partial charge in [0.2, 0.25) is 0 Å². The second kappa shape index (κ2) is 8.45. The van der Waals surface area contributed by atoms with E-state index >= 15 is 0 Å². The molecule has 146 valence electrons. The number of rotatable bonds is 5. The number of hydrogen-bond acceptors (Lipinski definition) is 0. The van der Waals surface area contributed by atoms with Gasteiger partial charge in [-0.2, -0.15) is 0 Å². The van der Waals surface area contributed by atoms with E-state index < -0.39 is 28.8 Å². The van der Waals surface area contributed by atoms with Crippen molar-refractivity contribution >= 4 is 0 Å². The van der Waals surface area contributed by atoms with E-state index in [-0.39, 0.29) is 11.1 Å². The third-order valence-electron chi connectivity index (χ3n) is 5.96. The molecule has 1 saturated carbocycles. The molecule has 0 radical (unpaired) electrons. The van der Waals surface area contributed by atoms with Gasteiger partial charge < -0.3 is 0 Å². The minimum atomic E-state index is -1.26. The smallest absolute Gasteiger partial charge is 0.167 e. The van der Waals surface area contributed by atoms with Crippen LogP contribution in [0.25, 0.3) is 11.1 Å². The summed E-state index contributed by atoms with van der Waals surface area (Å²) in [6.45, 7) is 3.36. The fraction of sp³-hybridized carbons (Fsp3) is 0.478. The van der Waals surface area contributed by atoms with Crippen LogP contribution in [0.4, 0.5) is 17.6 Å². The molecular formula is C23H26F4. The van der Waals surface area contributed by atoms with E-state index in [4.69, 9.17) is 0 Å². The Morgan fingerprint density at radius 3 is 2.19 bits per heavy atom. The van der Waals surface area contributed by atoms with Crippen molar-refractivity contribution in [2.45, 2.75) is 64.7 Å². The Morgan fingerprint density at radius 1 is 0.852 bits per heavy atom. The Balaban J connectivity index is 1.80. The first-order valence-electron chi connectivity index (χ1n) is 9.86. The predicted octanol–water partition coefficient (Wildman–Crippen LogP) is 7.68. The van der Waals surface area contributed by atoms with Crippen molar-refractivity contribution in [1.82, 2.24) is 0 Å². The minimum absolute atomic E-state index is 0.106. The number of halogens is 4.